The van der Waals surface area contributed by atoms with Gasteiger partial charge >= 0.3 is 0 Å². The zero-order valence-corrected chi connectivity index (χ0v) is 19.2. The summed E-state index contributed by atoms with van der Waals surface area (Å²) in [5.74, 6) is -0.645. The minimum Gasteiger partial charge on any atom is -0.394 e. The third-order valence-electron chi connectivity index (χ3n) is 5.35. The van der Waals surface area contributed by atoms with Crippen LogP contribution in [0.3, 0.4) is 0 Å². The molecule has 1 aliphatic rings. The molecular formula is C21H27FN2O6S2. The average molecular weight is 487 g/mol. The number of nitrogens with one attached hydrogen (secondary N) is 2. The molecule has 1 aliphatic heterocycles. The number of rotatable bonds is 9. The highest BCUT2D eigenvalue weighted by molar-refractivity contribution is 7.89. The summed E-state index contributed by atoms with van der Waals surface area (Å²) in [5, 5.41) is 9.72. The van der Waals surface area contributed by atoms with Crippen LogP contribution >= 0.6 is 0 Å². The Hall–Kier alpha value is -1.89. The fourth-order valence-electron chi connectivity index (χ4n) is 3.67. The van der Waals surface area contributed by atoms with Gasteiger partial charge in [0.25, 0.3) is 0 Å². The normalized spacial score (nSPS) is 22.0. The third-order valence-corrected chi connectivity index (χ3v) is 8.46. The van der Waals surface area contributed by atoms with Gasteiger partial charge in [0.15, 0.2) is 0 Å². The lowest BCUT2D eigenvalue weighted by Crippen LogP contribution is -2.51. The standard InChI is InChI=1S/C21H27FN2O6S2/c1-15-5-2-3-8-21(15)32(28,29)24-19-10-9-17(30-20(19)14-25)11-12-23-31(26,27)18-7-4-6-16(22)13-18/h2-8,13,17,19-20,23-25H,9-12,14H2,1H3/t17-,19-,20-/m0/s1. The summed E-state index contributed by atoms with van der Waals surface area (Å²) < 4.78 is 74.2. The van der Waals surface area contributed by atoms with Crippen molar-refractivity contribution in [3.05, 3.63) is 59.9 Å². The molecule has 2 aromatic carbocycles. The largest absolute Gasteiger partial charge is 0.394 e. The number of benzene rings is 2. The summed E-state index contributed by atoms with van der Waals surface area (Å²) in [6.45, 7) is 1.38. The van der Waals surface area contributed by atoms with Crippen molar-refractivity contribution < 1.29 is 31.1 Å². The lowest BCUT2D eigenvalue weighted by Gasteiger charge is -2.36. The van der Waals surface area contributed by atoms with Crippen molar-refractivity contribution in [2.75, 3.05) is 13.2 Å². The number of hydrogen-bond acceptors (Lipinski definition) is 6. The maximum atomic E-state index is 13.3. The molecule has 0 radical (unpaired) electrons. The molecule has 1 fully saturated rings. The fraction of sp³-hybridized carbons (Fsp3) is 0.429. The predicted molar refractivity (Wildman–Crippen MR) is 116 cm³/mol. The first-order valence-electron chi connectivity index (χ1n) is 10.2. The summed E-state index contributed by atoms with van der Waals surface area (Å²) in [6.07, 6.45) is 0.119. The zero-order chi connectivity index (χ0) is 23.4. The second-order valence-corrected chi connectivity index (χ2v) is 11.1. The second kappa shape index (κ2) is 10.4. The van der Waals surface area contributed by atoms with Gasteiger partial charge in [0.2, 0.25) is 20.0 Å². The molecule has 11 heteroatoms. The van der Waals surface area contributed by atoms with Gasteiger partial charge in [-0.15, -0.1) is 0 Å². The van der Waals surface area contributed by atoms with E-state index < -0.39 is 38.0 Å². The van der Waals surface area contributed by atoms with E-state index in [0.29, 0.717) is 24.8 Å². The monoisotopic (exact) mass is 486 g/mol. The molecular weight excluding hydrogens is 459 g/mol. The van der Waals surface area contributed by atoms with Crippen LogP contribution < -0.4 is 9.44 Å². The second-order valence-electron chi connectivity index (χ2n) is 7.69. The van der Waals surface area contributed by atoms with Crippen LogP contribution in [0.4, 0.5) is 4.39 Å². The molecule has 0 bridgehead atoms. The van der Waals surface area contributed by atoms with E-state index in [1.807, 2.05) is 0 Å². The number of aliphatic hydroxyl groups excluding tert-OH is 1. The number of hydrogen-bond donors (Lipinski definition) is 3. The number of halogens is 1. The molecule has 0 spiro atoms. The Balaban J connectivity index is 1.56. The van der Waals surface area contributed by atoms with Gasteiger partial charge in [-0.25, -0.2) is 30.7 Å². The summed E-state index contributed by atoms with van der Waals surface area (Å²) in [4.78, 5) is 0.00606. The van der Waals surface area contributed by atoms with Crippen molar-refractivity contribution in [2.24, 2.45) is 0 Å². The molecule has 8 nitrogen and oxygen atoms in total. The first-order chi connectivity index (χ1) is 15.1. The molecule has 1 saturated heterocycles. The van der Waals surface area contributed by atoms with Crippen LogP contribution in [0, 0.1) is 12.7 Å². The molecule has 0 amide bonds. The van der Waals surface area contributed by atoms with Gasteiger partial charge in [-0.2, -0.15) is 0 Å². The van der Waals surface area contributed by atoms with E-state index in [2.05, 4.69) is 9.44 Å². The number of ether oxygens (including phenoxy) is 1. The van der Waals surface area contributed by atoms with Gasteiger partial charge in [0.05, 0.1) is 34.6 Å². The van der Waals surface area contributed by atoms with Crippen LogP contribution in [0.2, 0.25) is 0 Å². The lowest BCUT2D eigenvalue weighted by molar-refractivity contribution is -0.0869. The molecule has 0 aliphatic carbocycles. The summed E-state index contributed by atoms with van der Waals surface area (Å²) in [7, 11) is -7.64. The predicted octanol–water partition coefficient (Wildman–Crippen LogP) is 1.69. The van der Waals surface area contributed by atoms with E-state index in [9.17, 15) is 26.3 Å². The quantitative estimate of drug-likeness (QED) is 0.496. The third kappa shape index (κ3) is 6.12. The van der Waals surface area contributed by atoms with Crippen LogP contribution in [0.1, 0.15) is 24.8 Å². The van der Waals surface area contributed by atoms with Gasteiger partial charge in [-0.1, -0.05) is 24.3 Å². The fourth-order valence-corrected chi connectivity index (χ4v) is 6.29. The van der Waals surface area contributed by atoms with Gasteiger partial charge in [0, 0.05) is 6.54 Å². The van der Waals surface area contributed by atoms with Crippen LogP contribution in [0.15, 0.2) is 58.3 Å². The topological polar surface area (TPSA) is 122 Å². The highest BCUT2D eigenvalue weighted by atomic mass is 32.2. The minimum absolute atomic E-state index is 0.0568. The van der Waals surface area contributed by atoms with E-state index in [1.165, 1.54) is 18.2 Å². The molecule has 1 heterocycles. The van der Waals surface area contributed by atoms with Crippen molar-refractivity contribution in [2.45, 2.75) is 54.2 Å². The van der Waals surface area contributed by atoms with E-state index in [-0.39, 0.29) is 29.0 Å². The first kappa shape index (κ1) is 24.7. The van der Waals surface area contributed by atoms with Gasteiger partial charge in [0.1, 0.15) is 5.82 Å². The van der Waals surface area contributed by atoms with Gasteiger partial charge in [-0.05, 0) is 56.0 Å². The molecule has 32 heavy (non-hydrogen) atoms. The Labute approximate surface area is 187 Å². The van der Waals surface area contributed by atoms with Crippen molar-refractivity contribution in [1.82, 2.24) is 9.44 Å². The number of aryl methyl sites for hydroxylation is 1. The van der Waals surface area contributed by atoms with Crippen molar-refractivity contribution in [3.63, 3.8) is 0 Å². The van der Waals surface area contributed by atoms with E-state index in [1.54, 1.807) is 25.1 Å². The van der Waals surface area contributed by atoms with Crippen molar-refractivity contribution >= 4 is 20.0 Å². The van der Waals surface area contributed by atoms with Crippen LogP contribution in [0.25, 0.3) is 0 Å². The van der Waals surface area contributed by atoms with Crippen LogP contribution in [0.5, 0.6) is 0 Å². The molecule has 3 N–H and O–H groups in total. The highest BCUT2D eigenvalue weighted by Crippen LogP contribution is 2.24. The van der Waals surface area contributed by atoms with Gasteiger partial charge < -0.3 is 9.84 Å². The van der Waals surface area contributed by atoms with E-state index in [4.69, 9.17) is 4.74 Å². The molecule has 2 aromatic rings. The average Bonchev–Trinajstić information content (AvgIpc) is 2.74. The SMILES string of the molecule is Cc1ccccc1S(=O)(=O)N[C@H]1CC[C@@H](CCNS(=O)(=O)c2cccc(F)c2)O[C@H]1CO. The van der Waals surface area contributed by atoms with Gasteiger partial charge in [-0.3, -0.25) is 0 Å². The van der Waals surface area contributed by atoms with E-state index in [0.717, 1.165) is 12.1 Å². The first-order valence-corrected chi connectivity index (χ1v) is 13.2. The minimum atomic E-state index is -3.86. The lowest BCUT2D eigenvalue weighted by atomic mass is 9.98. The Bertz CT molecular complexity index is 1140. The highest BCUT2D eigenvalue weighted by Gasteiger charge is 2.34. The zero-order valence-electron chi connectivity index (χ0n) is 17.6. The summed E-state index contributed by atoms with van der Waals surface area (Å²) in [5.41, 5.74) is 0.612. The smallest absolute Gasteiger partial charge is 0.241 e. The summed E-state index contributed by atoms with van der Waals surface area (Å²) in [6, 6.07) is 10.7. The molecule has 0 unspecified atom stereocenters. The Morgan fingerprint density at radius 1 is 1.06 bits per heavy atom. The Morgan fingerprint density at radius 2 is 1.81 bits per heavy atom. The van der Waals surface area contributed by atoms with Crippen molar-refractivity contribution in [3.8, 4) is 0 Å². The van der Waals surface area contributed by atoms with E-state index >= 15 is 0 Å². The summed E-state index contributed by atoms with van der Waals surface area (Å²) >= 11 is 0. The molecule has 0 saturated carbocycles. The Kier molecular flexibility index (Phi) is 8.01. The molecule has 176 valence electrons. The maximum Gasteiger partial charge on any atom is 0.241 e. The number of sulfonamides is 2. The van der Waals surface area contributed by atoms with Crippen molar-refractivity contribution in [1.29, 1.82) is 0 Å². The Morgan fingerprint density at radius 3 is 2.50 bits per heavy atom. The number of aliphatic hydroxyl groups is 1. The molecule has 3 rings (SSSR count). The molecule has 3 atom stereocenters. The molecule has 0 aromatic heterocycles. The van der Waals surface area contributed by atoms with Crippen LogP contribution in [-0.4, -0.2) is 53.3 Å². The van der Waals surface area contributed by atoms with Crippen LogP contribution in [-0.2, 0) is 24.8 Å². The maximum absolute atomic E-state index is 13.3.